The normalized spacial score (nSPS) is 12.0. The summed E-state index contributed by atoms with van der Waals surface area (Å²) in [7, 11) is 2.71. The van der Waals surface area contributed by atoms with Gasteiger partial charge < -0.3 is 9.47 Å². The molecule has 9 heteroatoms. The molecule has 1 unspecified atom stereocenters. The lowest BCUT2D eigenvalue weighted by molar-refractivity contribution is -0.144. The molecule has 0 fully saturated rings. The number of hydrogen-bond donors (Lipinski definition) is 0. The number of ether oxygens (including phenoxy) is 2. The van der Waals surface area contributed by atoms with Crippen LogP contribution >= 0.6 is 11.6 Å². The van der Waals surface area contributed by atoms with Crippen LogP contribution in [0.5, 0.6) is 5.75 Å². The van der Waals surface area contributed by atoms with Gasteiger partial charge in [-0.05, 0) is 36.8 Å². The summed E-state index contributed by atoms with van der Waals surface area (Å²) in [6.07, 6.45) is 0. The number of nitrogens with zero attached hydrogens (tertiary/aromatic N) is 2. The van der Waals surface area contributed by atoms with Gasteiger partial charge in [-0.15, -0.1) is 0 Å². The maximum absolute atomic E-state index is 14.1. The first-order valence-electron chi connectivity index (χ1n) is 8.63. The van der Waals surface area contributed by atoms with Crippen LogP contribution in [-0.2, 0) is 16.1 Å². The predicted molar refractivity (Wildman–Crippen MR) is 106 cm³/mol. The van der Waals surface area contributed by atoms with Gasteiger partial charge in [0.25, 0.3) is 5.56 Å². The third kappa shape index (κ3) is 3.75. The van der Waals surface area contributed by atoms with Crippen LogP contribution in [0.15, 0.2) is 46.0 Å². The van der Waals surface area contributed by atoms with Gasteiger partial charge in [-0.3, -0.25) is 13.9 Å². The summed E-state index contributed by atoms with van der Waals surface area (Å²) < 4.78 is 25.9. The number of aromatic nitrogens is 2. The Morgan fingerprint density at radius 1 is 1.17 bits per heavy atom. The van der Waals surface area contributed by atoms with Crippen LogP contribution < -0.4 is 16.0 Å². The molecule has 0 aliphatic rings. The molecule has 7 nitrogen and oxygen atoms in total. The molecule has 1 aromatic heterocycles. The monoisotopic (exact) mass is 420 g/mol. The van der Waals surface area contributed by atoms with E-state index in [0.29, 0.717) is 11.3 Å². The van der Waals surface area contributed by atoms with E-state index < -0.39 is 29.1 Å². The summed E-state index contributed by atoms with van der Waals surface area (Å²) in [4.78, 5) is 38.2. The molecule has 152 valence electrons. The molecule has 0 radical (unpaired) electrons. The van der Waals surface area contributed by atoms with Gasteiger partial charge in [0.05, 0.1) is 36.7 Å². The fourth-order valence-corrected chi connectivity index (χ4v) is 3.23. The topological polar surface area (TPSA) is 79.5 Å². The van der Waals surface area contributed by atoms with Gasteiger partial charge in [0.1, 0.15) is 17.6 Å². The van der Waals surface area contributed by atoms with Gasteiger partial charge >= 0.3 is 11.7 Å². The summed E-state index contributed by atoms with van der Waals surface area (Å²) >= 11 is 5.85. The number of fused-ring (bicyclic) bond motifs is 1. The van der Waals surface area contributed by atoms with E-state index in [1.54, 1.807) is 24.3 Å². The van der Waals surface area contributed by atoms with Gasteiger partial charge in [-0.1, -0.05) is 23.7 Å². The first-order chi connectivity index (χ1) is 13.8. The molecular formula is C20H18ClFN2O5. The lowest BCUT2D eigenvalue weighted by atomic mass is 10.2. The van der Waals surface area contributed by atoms with E-state index in [-0.39, 0.29) is 22.5 Å². The highest BCUT2D eigenvalue weighted by atomic mass is 35.5. The molecule has 0 saturated heterocycles. The van der Waals surface area contributed by atoms with Gasteiger partial charge in [-0.2, -0.15) is 0 Å². The van der Waals surface area contributed by atoms with Gasteiger partial charge in [0, 0.05) is 0 Å². The largest absolute Gasteiger partial charge is 0.497 e. The van der Waals surface area contributed by atoms with E-state index >= 15 is 0 Å². The maximum Gasteiger partial charge on any atom is 0.332 e. The molecule has 0 bridgehead atoms. The zero-order valence-corrected chi connectivity index (χ0v) is 16.7. The molecule has 0 N–H and O–H groups in total. The number of esters is 1. The third-order valence-corrected chi connectivity index (χ3v) is 4.93. The molecule has 1 atom stereocenters. The Hall–Kier alpha value is -3.13. The molecule has 0 saturated carbocycles. The van der Waals surface area contributed by atoms with Crippen LogP contribution in [0.25, 0.3) is 10.9 Å². The SMILES string of the molecule is COC(=O)C(C)n1c(=O)n(Cc2ccc(OC)cc2)c(=O)c2cc(F)c(Cl)cc21. The minimum absolute atomic E-state index is 0.0512. The van der Waals surface area contributed by atoms with E-state index in [2.05, 4.69) is 0 Å². The highest BCUT2D eigenvalue weighted by Crippen LogP contribution is 2.22. The molecule has 29 heavy (non-hydrogen) atoms. The van der Waals surface area contributed by atoms with E-state index in [1.165, 1.54) is 21.1 Å². The van der Waals surface area contributed by atoms with Gasteiger partial charge in [-0.25, -0.2) is 14.0 Å². The van der Waals surface area contributed by atoms with Gasteiger partial charge in [0.2, 0.25) is 0 Å². The van der Waals surface area contributed by atoms with Crippen LogP contribution in [0.4, 0.5) is 4.39 Å². The Morgan fingerprint density at radius 2 is 1.83 bits per heavy atom. The first-order valence-corrected chi connectivity index (χ1v) is 9.01. The van der Waals surface area contributed by atoms with Crippen molar-refractivity contribution in [1.82, 2.24) is 9.13 Å². The van der Waals surface area contributed by atoms with Crippen LogP contribution in [0.2, 0.25) is 5.02 Å². The Bertz CT molecular complexity index is 1200. The van der Waals surface area contributed by atoms with Gasteiger partial charge in [0.15, 0.2) is 0 Å². The molecular weight excluding hydrogens is 403 g/mol. The summed E-state index contributed by atoms with van der Waals surface area (Å²) in [6, 6.07) is 7.85. The molecule has 3 aromatic rings. The Kier molecular flexibility index (Phi) is 5.74. The highest BCUT2D eigenvalue weighted by Gasteiger charge is 2.23. The number of carbonyl (C=O) groups excluding carboxylic acids is 1. The predicted octanol–water partition coefficient (Wildman–Crippen LogP) is 2.75. The number of carbonyl (C=O) groups is 1. The number of halogens is 2. The standard InChI is InChI=1S/C20H18ClFN2O5/c1-11(19(26)29-3)24-17-9-15(21)16(22)8-14(17)18(25)23(20(24)27)10-12-4-6-13(28-2)7-5-12/h4-9,11H,10H2,1-3H3. The zero-order chi connectivity index (χ0) is 21.3. The van der Waals surface area contributed by atoms with E-state index in [9.17, 15) is 18.8 Å². The first kappa shape index (κ1) is 20.6. The van der Waals surface area contributed by atoms with Crippen molar-refractivity contribution >= 4 is 28.5 Å². The summed E-state index contributed by atoms with van der Waals surface area (Å²) in [6.45, 7) is 1.38. The molecule has 1 heterocycles. The average Bonchev–Trinajstić information content (AvgIpc) is 2.72. The number of methoxy groups -OCH3 is 2. The quantitative estimate of drug-likeness (QED) is 0.593. The molecule has 0 aliphatic carbocycles. The summed E-state index contributed by atoms with van der Waals surface area (Å²) in [5.74, 6) is -0.875. The minimum atomic E-state index is -1.06. The smallest absolute Gasteiger partial charge is 0.332 e. The van der Waals surface area contributed by atoms with Crippen LogP contribution in [0.1, 0.15) is 18.5 Å². The summed E-state index contributed by atoms with van der Waals surface area (Å²) in [5.41, 5.74) is -0.727. The Balaban J connectivity index is 2.29. The average molecular weight is 421 g/mol. The van der Waals surface area contributed by atoms with Crippen LogP contribution in [0, 0.1) is 5.82 Å². The van der Waals surface area contributed by atoms with Crippen molar-refractivity contribution in [3.8, 4) is 5.75 Å². The number of rotatable bonds is 5. The van der Waals surface area contributed by atoms with Crippen molar-refractivity contribution in [1.29, 1.82) is 0 Å². The fraction of sp³-hybridized carbons (Fsp3) is 0.250. The van der Waals surface area contributed by atoms with Crippen LogP contribution in [-0.4, -0.2) is 29.3 Å². The highest BCUT2D eigenvalue weighted by molar-refractivity contribution is 6.31. The number of benzene rings is 2. The second-order valence-electron chi connectivity index (χ2n) is 6.37. The van der Waals surface area contributed by atoms with E-state index in [4.69, 9.17) is 21.1 Å². The second kappa shape index (κ2) is 8.08. The fourth-order valence-electron chi connectivity index (χ4n) is 3.08. The molecule has 0 aliphatic heterocycles. The molecule has 0 spiro atoms. The summed E-state index contributed by atoms with van der Waals surface area (Å²) in [5, 5.41) is -0.342. The van der Waals surface area contributed by atoms with E-state index in [0.717, 1.165) is 21.3 Å². The molecule has 0 amide bonds. The third-order valence-electron chi connectivity index (χ3n) is 4.64. The minimum Gasteiger partial charge on any atom is -0.497 e. The lowest BCUT2D eigenvalue weighted by Gasteiger charge is -2.18. The maximum atomic E-state index is 14.1. The Morgan fingerprint density at radius 3 is 2.41 bits per heavy atom. The van der Waals surface area contributed by atoms with Crippen molar-refractivity contribution in [2.75, 3.05) is 14.2 Å². The second-order valence-corrected chi connectivity index (χ2v) is 6.78. The zero-order valence-electron chi connectivity index (χ0n) is 15.9. The van der Waals surface area contributed by atoms with Crippen LogP contribution in [0.3, 0.4) is 0 Å². The van der Waals surface area contributed by atoms with Crippen molar-refractivity contribution in [2.24, 2.45) is 0 Å². The Labute approximate surface area is 169 Å². The molecule has 3 rings (SSSR count). The lowest BCUT2D eigenvalue weighted by Crippen LogP contribution is -2.42. The van der Waals surface area contributed by atoms with Crippen molar-refractivity contribution in [2.45, 2.75) is 19.5 Å². The van der Waals surface area contributed by atoms with Crippen molar-refractivity contribution < 1.29 is 18.7 Å². The van der Waals surface area contributed by atoms with Crippen molar-refractivity contribution in [3.63, 3.8) is 0 Å². The van der Waals surface area contributed by atoms with Crippen molar-refractivity contribution in [3.05, 3.63) is 73.6 Å². The van der Waals surface area contributed by atoms with E-state index in [1.807, 2.05) is 0 Å². The molecule has 2 aromatic carbocycles. The number of hydrogen-bond acceptors (Lipinski definition) is 5.